The molecule has 0 radical (unpaired) electrons. The number of hydrogen-bond acceptors (Lipinski definition) is 5. The summed E-state index contributed by atoms with van der Waals surface area (Å²) in [5, 5.41) is 2.89. The van der Waals surface area contributed by atoms with E-state index >= 15 is 0 Å². The molecule has 7 nitrogen and oxygen atoms in total. The fourth-order valence-electron chi connectivity index (χ4n) is 3.56. The number of primary amides is 1. The van der Waals surface area contributed by atoms with Gasteiger partial charge in [0.05, 0.1) is 0 Å². The van der Waals surface area contributed by atoms with E-state index in [9.17, 15) is 14.0 Å². The lowest BCUT2D eigenvalue weighted by Gasteiger charge is -2.29. The van der Waals surface area contributed by atoms with Crippen LogP contribution in [0.3, 0.4) is 0 Å². The number of carbonyl (C=O) groups is 2. The molecule has 4 rings (SSSR count). The second-order valence-corrected chi connectivity index (χ2v) is 7.41. The fourth-order valence-corrected chi connectivity index (χ4v) is 3.56. The Balaban J connectivity index is 1.56. The second-order valence-electron chi connectivity index (χ2n) is 7.41. The Morgan fingerprint density at radius 1 is 1.20 bits per heavy atom. The van der Waals surface area contributed by atoms with Crippen LogP contribution in [-0.4, -0.2) is 43.0 Å². The van der Waals surface area contributed by atoms with E-state index in [2.05, 4.69) is 17.3 Å². The second kappa shape index (κ2) is 8.16. The van der Waals surface area contributed by atoms with Gasteiger partial charge in [-0.25, -0.2) is 4.39 Å². The lowest BCUT2D eigenvalue weighted by molar-refractivity contribution is 0.0977. The topological polar surface area (TPSA) is 97.8 Å². The van der Waals surface area contributed by atoms with Gasteiger partial charge in [-0.05, 0) is 56.3 Å². The molecule has 1 aliphatic heterocycles. The average molecular weight is 411 g/mol. The minimum Gasteiger partial charge on any atom is -0.490 e. The summed E-state index contributed by atoms with van der Waals surface area (Å²) in [6, 6.07) is 10.5. The van der Waals surface area contributed by atoms with Crippen molar-refractivity contribution >= 4 is 28.5 Å². The van der Waals surface area contributed by atoms with Gasteiger partial charge in [-0.2, -0.15) is 0 Å². The Morgan fingerprint density at radius 2 is 1.97 bits per heavy atom. The predicted octanol–water partition coefficient (Wildman–Crippen LogP) is 3.40. The van der Waals surface area contributed by atoms with Crippen LogP contribution in [0.2, 0.25) is 0 Å². The van der Waals surface area contributed by atoms with Gasteiger partial charge >= 0.3 is 0 Å². The van der Waals surface area contributed by atoms with Gasteiger partial charge in [0.1, 0.15) is 28.9 Å². The summed E-state index contributed by atoms with van der Waals surface area (Å²) in [5.41, 5.74) is 6.00. The Bertz CT molecular complexity index is 1100. The van der Waals surface area contributed by atoms with E-state index in [1.165, 1.54) is 18.2 Å². The fraction of sp³-hybridized carbons (Fsp3) is 0.273. The molecule has 3 N–H and O–H groups in total. The predicted molar refractivity (Wildman–Crippen MR) is 110 cm³/mol. The maximum atomic E-state index is 13.7. The Morgan fingerprint density at radius 3 is 2.70 bits per heavy atom. The zero-order valence-corrected chi connectivity index (χ0v) is 16.5. The van der Waals surface area contributed by atoms with Crippen molar-refractivity contribution in [3.63, 3.8) is 0 Å². The highest BCUT2D eigenvalue weighted by Crippen LogP contribution is 2.32. The molecule has 0 aliphatic carbocycles. The molecular formula is C22H22FN3O4. The Kier molecular flexibility index (Phi) is 5.41. The molecule has 2 heterocycles. The van der Waals surface area contributed by atoms with E-state index in [4.69, 9.17) is 14.9 Å². The van der Waals surface area contributed by atoms with Gasteiger partial charge in [-0.15, -0.1) is 0 Å². The zero-order valence-electron chi connectivity index (χ0n) is 16.5. The number of anilines is 1. The molecule has 0 spiro atoms. The smallest absolute Gasteiger partial charge is 0.286 e. The monoisotopic (exact) mass is 411 g/mol. The van der Waals surface area contributed by atoms with E-state index in [0.29, 0.717) is 11.3 Å². The van der Waals surface area contributed by atoms with E-state index < -0.39 is 17.6 Å². The highest BCUT2D eigenvalue weighted by molar-refractivity contribution is 6.14. The first-order valence-corrected chi connectivity index (χ1v) is 9.69. The molecule has 0 saturated carbocycles. The summed E-state index contributed by atoms with van der Waals surface area (Å²) in [6.45, 7) is 1.93. The van der Waals surface area contributed by atoms with Gasteiger partial charge < -0.3 is 25.1 Å². The summed E-state index contributed by atoms with van der Waals surface area (Å²) < 4.78 is 25.1. The molecule has 1 aliphatic rings. The number of nitrogens with two attached hydrogens (primary N) is 1. The van der Waals surface area contributed by atoms with Crippen molar-refractivity contribution in [1.82, 2.24) is 4.90 Å². The molecule has 1 fully saturated rings. The van der Waals surface area contributed by atoms with Crippen molar-refractivity contribution in [2.75, 3.05) is 25.5 Å². The molecule has 30 heavy (non-hydrogen) atoms. The number of benzene rings is 2. The van der Waals surface area contributed by atoms with Crippen LogP contribution in [0.1, 0.15) is 33.8 Å². The zero-order chi connectivity index (χ0) is 21.3. The van der Waals surface area contributed by atoms with Crippen LogP contribution in [-0.2, 0) is 0 Å². The highest BCUT2D eigenvalue weighted by Gasteiger charge is 2.22. The van der Waals surface area contributed by atoms with Crippen molar-refractivity contribution in [2.45, 2.75) is 18.9 Å². The van der Waals surface area contributed by atoms with Crippen molar-refractivity contribution in [3.8, 4) is 5.75 Å². The van der Waals surface area contributed by atoms with Gasteiger partial charge in [0, 0.05) is 24.0 Å². The Hall–Kier alpha value is -3.39. The first kappa shape index (κ1) is 19.9. The highest BCUT2D eigenvalue weighted by atomic mass is 19.1. The van der Waals surface area contributed by atoms with E-state index in [1.807, 2.05) is 0 Å². The lowest BCUT2D eigenvalue weighted by atomic mass is 10.1. The van der Waals surface area contributed by atoms with Gasteiger partial charge in [0.2, 0.25) is 5.76 Å². The standard InChI is InChI=1S/C22H22FN3O4/c1-26-9-7-15(8-10-26)29-16-4-2-3-13(11-16)22(28)25-19-17-12-14(23)5-6-18(17)30-20(19)21(24)27/h2-6,11-12,15H,7-10H2,1H3,(H2,24,27)(H,25,28). The number of furan rings is 1. The molecule has 3 aromatic rings. The van der Waals surface area contributed by atoms with Gasteiger partial charge in [0.25, 0.3) is 11.8 Å². The average Bonchev–Trinajstić information content (AvgIpc) is 3.08. The van der Waals surface area contributed by atoms with Crippen LogP contribution in [0.4, 0.5) is 10.1 Å². The first-order valence-electron chi connectivity index (χ1n) is 9.69. The minimum atomic E-state index is -0.860. The number of fused-ring (bicyclic) bond motifs is 1. The number of carbonyl (C=O) groups excluding carboxylic acids is 2. The molecular weight excluding hydrogens is 389 g/mol. The van der Waals surface area contributed by atoms with Gasteiger partial charge in [-0.3, -0.25) is 9.59 Å². The summed E-state index contributed by atoms with van der Waals surface area (Å²) in [4.78, 5) is 26.8. The normalized spacial score (nSPS) is 15.3. The summed E-state index contributed by atoms with van der Waals surface area (Å²) in [7, 11) is 2.08. The number of amides is 2. The van der Waals surface area contributed by atoms with Crippen LogP contribution < -0.4 is 15.8 Å². The number of rotatable bonds is 5. The van der Waals surface area contributed by atoms with E-state index in [0.717, 1.165) is 25.9 Å². The molecule has 8 heteroatoms. The summed E-state index contributed by atoms with van der Waals surface area (Å²) in [5.74, 6) is -1.51. The molecule has 2 aromatic carbocycles. The largest absolute Gasteiger partial charge is 0.490 e. The Labute approximate surface area is 172 Å². The van der Waals surface area contributed by atoms with Gasteiger partial charge in [0.15, 0.2) is 0 Å². The number of hydrogen-bond donors (Lipinski definition) is 2. The summed E-state index contributed by atoms with van der Waals surface area (Å²) >= 11 is 0. The van der Waals surface area contributed by atoms with E-state index in [-0.39, 0.29) is 28.5 Å². The molecule has 1 saturated heterocycles. The van der Waals surface area contributed by atoms with Gasteiger partial charge in [-0.1, -0.05) is 6.07 Å². The first-order chi connectivity index (χ1) is 14.4. The van der Waals surface area contributed by atoms with Crippen LogP contribution in [0, 0.1) is 5.82 Å². The van der Waals surface area contributed by atoms with E-state index in [1.54, 1.807) is 24.3 Å². The van der Waals surface area contributed by atoms with Crippen LogP contribution in [0.15, 0.2) is 46.9 Å². The number of likely N-dealkylation sites (tertiary alicyclic amines) is 1. The maximum Gasteiger partial charge on any atom is 0.286 e. The SMILES string of the molecule is CN1CCC(Oc2cccc(C(=O)Nc3c(C(N)=O)oc4ccc(F)cc34)c2)CC1. The van der Waals surface area contributed by atoms with Crippen LogP contribution in [0.5, 0.6) is 5.75 Å². The number of piperidine rings is 1. The number of nitrogens with one attached hydrogen (secondary N) is 1. The van der Waals surface area contributed by atoms with Crippen molar-refractivity contribution in [1.29, 1.82) is 0 Å². The molecule has 156 valence electrons. The third kappa shape index (κ3) is 4.13. The molecule has 1 aromatic heterocycles. The number of ether oxygens (including phenoxy) is 1. The third-order valence-electron chi connectivity index (χ3n) is 5.18. The molecule has 0 bridgehead atoms. The summed E-state index contributed by atoms with van der Waals surface area (Å²) in [6.07, 6.45) is 1.94. The van der Waals surface area contributed by atoms with Crippen LogP contribution >= 0.6 is 0 Å². The molecule has 2 amide bonds. The maximum absolute atomic E-state index is 13.7. The van der Waals surface area contributed by atoms with Crippen molar-refractivity contribution in [2.24, 2.45) is 5.73 Å². The lowest BCUT2D eigenvalue weighted by Crippen LogP contribution is -2.35. The molecule has 0 unspecified atom stereocenters. The van der Waals surface area contributed by atoms with Crippen molar-refractivity contribution < 1.29 is 23.1 Å². The quantitative estimate of drug-likeness (QED) is 0.671. The minimum absolute atomic E-state index is 0.0450. The third-order valence-corrected chi connectivity index (χ3v) is 5.18. The van der Waals surface area contributed by atoms with Crippen LogP contribution in [0.25, 0.3) is 11.0 Å². The number of halogens is 1. The molecule has 0 atom stereocenters. The number of nitrogens with zero attached hydrogens (tertiary/aromatic N) is 1. The van der Waals surface area contributed by atoms with Crippen molar-refractivity contribution in [3.05, 3.63) is 59.6 Å².